The Morgan fingerprint density at radius 2 is 1.81 bits per heavy atom. The maximum Gasteiger partial charge on any atom is 0.407 e. The molecule has 1 aromatic heterocycles. The van der Waals surface area contributed by atoms with Gasteiger partial charge in [-0.15, -0.1) is 0 Å². The molecule has 2 heterocycles. The zero-order valence-corrected chi connectivity index (χ0v) is 22.9. The van der Waals surface area contributed by atoms with Gasteiger partial charge in [0.2, 0.25) is 8.32 Å². The van der Waals surface area contributed by atoms with Crippen molar-refractivity contribution >= 4 is 36.4 Å². The van der Waals surface area contributed by atoms with Crippen LogP contribution in [0.5, 0.6) is 0 Å². The number of likely N-dealkylation sites (tertiary alicyclic amines) is 1. The average molecular weight is 508 g/mol. The third-order valence-corrected chi connectivity index (χ3v) is 8.35. The third kappa shape index (κ3) is 6.17. The number of benzene rings is 2. The molecule has 1 aliphatic heterocycles. The lowest BCUT2D eigenvalue weighted by atomic mass is 9.88. The van der Waals surface area contributed by atoms with Crippen LogP contribution in [0.1, 0.15) is 61.1 Å². The predicted octanol–water partition coefficient (Wildman–Crippen LogP) is 4.62. The SMILES string of the molecule is CC(C)(C)OC(=O)NCc1cccc(C2CCN(C(=O)c3cc4c([Si](C)(C)O)cccc4[nH]3)CC2)c1. The normalized spacial score (nSPS) is 15.2. The topological polar surface area (TPSA) is 94.7 Å². The quantitative estimate of drug-likeness (QED) is 0.439. The van der Waals surface area contributed by atoms with Gasteiger partial charge in [0.15, 0.2) is 0 Å². The maximum absolute atomic E-state index is 13.3. The van der Waals surface area contributed by atoms with Crippen molar-refractivity contribution in [2.24, 2.45) is 0 Å². The number of amides is 2. The summed E-state index contributed by atoms with van der Waals surface area (Å²) < 4.78 is 5.32. The van der Waals surface area contributed by atoms with Crippen LogP contribution < -0.4 is 10.5 Å². The molecular formula is C28H37N3O4Si. The van der Waals surface area contributed by atoms with E-state index < -0.39 is 20.0 Å². The summed E-state index contributed by atoms with van der Waals surface area (Å²) in [6, 6.07) is 16.0. The first-order valence-corrected chi connectivity index (χ1v) is 15.5. The van der Waals surface area contributed by atoms with Gasteiger partial charge in [-0.25, -0.2) is 4.79 Å². The molecule has 0 bridgehead atoms. The fraction of sp³-hybridized carbons (Fsp3) is 0.429. The minimum Gasteiger partial charge on any atom is -0.444 e. The van der Waals surface area contributed by atoms with Crippen LogP contribution in [0.4, 0.5) is 4.79 Å². The summed E-state index contributed by atoms with van der Waals surface area (Å²) in [4.78, 5) is 41.1. The molecule has 2 aromatic carbocycles. The first-order chi connectivity index (χ1) is 16.9. The molecule has 0 radical (unpaired) electrons. The standard InChI is InChI=1S/C28H37N3O4Si/c1-28(2,3)35-27(33)29-18-19-8-6-9-21(16-19)20-12-14-31(15-13-20)26(32)24-17-22-23(30-24)10-7-11-25(22)36(4,5)34/h6-11,16-17,20,30,34H,12-15,18H2,1-5H3,(H,29,33). The van der Waals surface area contributed by atoms with Gasteiger partial charge < -0.3 is 24.7 Å². The van der Waals surface area contributed by atoms with Crippen LogP contribution in [0.15, 0.2) is 48.5 Å². The van der Waals surface area contributed by atoms with Gasteiger partial charge in [-0.3, -0.25) is 4.79 Å². The number of rotatable bonds is 5. The van der Waals surface area contributed by atoms with E-state index in [0.29, 0.717) is 31.2 Å². The Labute approximate surface area is 214 Å². The number of hydrogen-bond donors (Lipinski definition) is 3. The molecule has 36 heavy (non-hydrogen) atoms. The van der Waals surface area contributed by atoms with E-state index in [0.717, 1.165) is 34.5 Å². The molecule has 192 valence electrons. The number of carbonyl (C=O) groups excluding carboxylic acids is 2. The number of nitrogens with zero attached hydrogens (tertiary/aromatic N) is 1. The Hall–Kier alpha value is -3.10. The number of aromatic nitrogens is 1. The van der Waals surface area contributed by atoms with Crippen molar-refractivity contribution in [2.45, 2.75) is 64.8 Å². The van der Waals surface area contributed by atoms with Crippen molar-refractivity contribution in [1.82, 2.24) is 15.2 Å². The molecular weight excluding hydrogens is 470 g/mol. The Bertz CT molecular complexity index is 1250. The van der Waals surface area contributed by atoms with Gasteiger partial charge in [0.25, 0.3) is 5.91 Å². The highest BCUT2D eigenvalue weighted by Crippen LogP contribution is 2.29. The van der Waals surface area contributed by atoms with Crippen LogP contribution in [0.3, 0.4) is 0 Å². The molecule has 7 nitrogen and oxygen atoms in total. The number of aromatic amines is 1. The first kappa shape index (κ1) is 26.0. The van der Waals surface area contributed by atoms with Gasteiger partial charge >= 0.3 is 6.09 Å². The second-order valence-electron chi connectivity index (χ2n) is 11.2. The Kier molecular flexibility index (Phi) is 7.29. The van der Waals surface area contributed by atoms with Gasteiger partial charge in [-0.1, -0.05) is 36.4 Å². The van der Waals surface area contributed by atoms with Crippen molar-refractivity contribution in [3.05, 3.63) is 65.4 Å². The van der Waals surface area contributed by atoms with Crippen molar-refractivity contribution in [3.63, 3.8) is 0 Å². The number of piperidine rings is 1. The zero-order valence-electron chi connectivity index (χ0n) is 21.9. The third-order valence-electron chi connectivity index (χ3n) is 6.59. The molecule has 8 heteroatoms. The Morgan fingerprint density at radius 3 is 2.47 bits per heavy atom. The molecule has 1 fully saturated rings. The van der Waals surface area contributed by atoms with E-state index in [1.54, 1.807) is 0 Å². The Morgan fingerprint density at radius 1 is 1.11 bits per heavy atom. The molecule has 3 N–H and O–H groups in total. The van der Waals surface area contributed by atoms with Crippen LogP contribution in [-0.4, -0.2) is 53.7 Å². The summed E-state index contributed by atoms with van der Waals surface area (Å²) in [7, 11) is -2.51. The van der Waals surface area contributed by atoms with E-state index >= 15 is 0 Å². The summed E-state index contributed by atoms with van der Waals surface area (Å²) in [6.07, 6.45) is 1.35. The van der Waals surface area contributed by atoms with E-state index in [-0.39, 0.29) is 5.91 Å². The highest BCUT2D eigenvalue weighted by atomic mass is 28.4. The van der Waals surface area contributed by atoms with Gasteiger partial charge in [0, 0.05) is 30.5 Å². The van der Waals surface area contributed by atoms with Crippen LogP contribution in [0, 0.1) is 0 Å². The summed E-state index contributed by atoms with van der Waals surface area (Å²) >= 11 is 0. The summed E-state index contributed by atoms with van der Waals surface area (Å²) in [5, 5.41) is 4.70. The molecule has 0 spiro atoms. The smallest absolute Gasteiger partial charge is 0.407 e. The lowest BCUT2D eigenvalue weighted by molar-refractivity contribution is 0.0523. The fourth-order valence-corrected chi connectivity index (χ4v) is 6.21. The van der Waals surface area contributed by atoms with Crippen molar-refractivity contribution < 1.29 is 19.1 Å². The molecule has 0 unspecified atom stereocenters. The molecule has 1 aliphatic rings. The summed E-state index contributed by atoms with van der Waals surface area (Å²) in [5.41, 5.74) is 3.20. The van der Waals surface area contributed by atoms with E-state index in [2.05, 4.69) is 22.4 Å². The fourth-order valence-electron chi connectivity index (χ4n) is 4.84. The molecule has 4 rings (SSSR count). The van der Waals surface area contributed by atoms with E-state index in [4.69, 9.17) is 4.74 Å². The van der Waals surface area contributed by atoms with Gasteiger partial charge in [0.05, 0.1) is 0 Å². The average Bonchev–Trinajstić information content (AvgIpc) is 3.25. The summed E-state index contributed by atoms with van der Waals surface area (Å²) in [6.45, 7) is 11.1. The minimum atomic E-state index is -2.51. The molecule has 2 amide bonds. The number of carbonyl (C=O) groups is 2. The maximum atomic E-state index is 13.3. The number of alkyl carbamates (subject to hydrolysis) is 1. The van der Waals surface area contributed by atoms with Crippen LogP contribution in [-0.2, 0) is 11.3 Å². The molecule has 0 atom stereocenters. The monoisotopic (exact) mass is 507 g/mol. The molecule has 1 saturated heterocycles. The van der Waals surface area contributed by atoms with E-state index in [1.807, 2.05) is 75.2 Å². The number of ether oxygens (including phenoxy) is 1. The second-order valence-corrected chi connectivity index (χ2v) is 14.8. The molecule has 0 saturated carbocycles. The highest BCUT2D eigenvalue weighted by molar-refractivity contribution is 6.85. The molecule has 0 aliphatic carbocycles. The lowest BCUT2D eigenvalue weighted by Gasteiger charge is -2.32. The number of fused-ring (bicyclic) bond motifs is 1. The predicted molar refractivity (Wildman–Crippen MR) is 145 cm³/mol. The van der Waals surface area contributed by atoms with Gasteiger partial charge in [-0.05, 0) is 81.1 Å². The summed E-state index contributed by atoms with van der Waals surface area (Å²) in [5.74, 6) is 0.370. The Balaban J connectivity index is 1.38. The highest BCUT2D eigenvalue weighted by Gasteiger charge is 2.28. The number of H-pyrrole nitrogens is 1. The molecule has 3 aromatic rings. The first-order valence-electron chi connectivity index (χ1n) is 12.6. The lowest BCUT2D eigenvalue weighted by Crippen LogP contribution is -2.41. The van der Waals surface area contributed by atoms with Crippen molar-refractivity contribution in [1.29, 1.82) is 0 Å². The number of hydrogen-bond acceptors (Lipinski definition) is 4. The van der Waals surface area contributed by atoms with Crippen LogP contribution in [0.2, 0.25) is 13.1 Å². The van der Waals surface area contributed by atoms with Crippen LogP contribution >= 0.6 is 0 Å². The minimum absolute atomic E-state index is 0.00308. The van der Waals surface area contributed by atoms with Gasteiger partial charge in [-0.2, -0.15) is 0 Å². The van der Waals surface area contributed by atoms with Gasteiger partial charge in [0.1, 0.15) is 11.3 Å². The zero-order chi connectivity index (χ0) is 26.1. The van der Waals surface area contributed by atoms with Crippen molar-refractivity contribution in [2.75, 3.05) is 13.1 Å². The largest absolute Gasteiger partial charge is 0.444 e. The van der Waals surface area contributed by atoms with E-state index in [9.17, 15) is 14.4 Å². The number of nitrogens with one attached hydrogen (secondary N) is 2. The van der Waals surface area contributed by atoms with E-state index in [1.165, 1.54) is 5.56 Å². The van der Waals surface area contributed by atoms with Crippen LogP contribution in [0.25, 0.3) is 10.9 Å². The second kappa shape index (κ2) is 10.1. The van der Waals surface area contributed by atoms with Crippen molar-refractivity contribution in [3.8, 4) is 0 Å².